The Morgan fingerprint density at radius 3 is 2.93 bits per heavy atom. The van der Waals surface area contributed by atoms with Crippen LogP contribution in [0.25, 0.3) is 10.2 Å². The van der Waals surface area contributed by atoms with Crippen LogP contribution in [-0.2, 0) is 14.3 Å². The van der Waals surface area contributed by atoms with Crippen molar-refractivity contribution in [3.63, 3.8) is 0 Å². The summed E-state index contributed by atoms with van der Waals surface area (Å²) in [5.74, 6) is -0.101. The zero-order valence-corrected chi connectivity index (χ0v) is 17.5. The molecule has 1 unspecified atom stereocenters. The van der Waals surface area contributed by atoms with Crippen LogP contribution in [0.2, 0.25) is 0 Å². The average Bonchev–Trinajstić information content (AvgIpc) is 3.22. The number of fused-ring (bicyclic) bond motifs is 1. The highest BCUT2D eigenvalue weighted by Gasteiger charge is 2.27. The van der Waals surface area contributed by atoms with Crippen LogP contribution < -0.4 is 15.0 Å². The summed E-state index contributed by atoms with van der Waals surface area (Å²) in [6.07, 6.45) is 1.78. The second-order valence-corrected chi connectivity index (χ2v) is 8.14. The molecule has 1 aliphatic heterocycles. The minimum Gasteiger partial charge on any atom is -0.482 e. The fourth-order valence-electron chi connectivity index (χ4n) is 3.47. The minimum atomic E-state index is -0.457. The van der Waals surface area contributed by atoms with E-state index in [0.29, 0.717) is 18.0 Å². The van der Waals surface area contributed by atoms with E-state index in [4.69, 9.17) is 9.72 Å². The Labute approximate surface area is 178 Å². The fraction of sp³-hybridized carbons (Fsp3) is 0.318. The molecule has 1 fully saturated rings. The van der Waals surface area contributed by atoms with E-state index in [0.717, 1.165) is 34.7 Å². The van der Waals surface area contributed by atoms with Crippen molar-refractivity contribution in [3.8, 4) is 5.75 Å². The molecular formula is C22H23N3O4S. The molecule has 156 valence electrons. The number of thiazole rings is 1. The maximum Gasteiger partial charge on any atom is 0.343 e. The van der Waals surface area contributed by atoms with Gasteiger partial charge in [0.1, 0.15) is 5.75 Å². The normalized spacial score (nSPS) is 16.3. The molecule has 30 heavy (non-hydrogen) atoms. The number of rotatable bonds is 6. The third-order valence-corrected chi connectivity index (χ3v) is 6.13. The molecule has 0 spiro atoms. The number of hydrogen-bond acceptors (Lipinski definition) is 7. The highest BCUT2D eigenvalue weighted by atomic mass is 32.1. The molecule has 1 amide bonds. The van der Waals surface area contributed by atoms with Gasteiger partial charge in [-0.1, -0.05) is 29.5 Å². The Hall–Kier alpha value is -3.13. The molecule has 1 saturated heterocycles. The van der Waals surface area contributed by atoms with Crippen molar-refractivity contribution in [2.75, 3.05) is 37.0 Å². The highest BCUT2D eigenvalue weighted by molar-refractivity contribution is 7.22. The number of nitrogens with zero attached hydrogens (tertiary/aromatic N) is 2. The van der Waals surface area contributed by atoms with Gasteiger partial charge in [0, 0.05) is 24.8 Å². The third kappa shape index (κ3) is 4.71. The number of nitrogens with one attached hydrogen (secondary N) is 1. The number of aromatic nitrogens is 1. The maximum atomic E-state index is 12.9. The number of carbonyl (C=O) groups is 2. The molecular weight excluding hydrogens is 402 g/mol. The first kappa shape index (κ1) is 20.2. The minimum absolute atomic E-state index is 0.0223. The number of carbonyl (C=O) groups excluding carboxylic acids is 2. The monoisotopic (exact) mass is 425 g/mol. The largest absolute Gasteiger partial charge is 0.482 e. The number of esters is 1. The van der Waals surface area contributed by atoms with Gasteiger partial charge in [0.2, 0.25) is 5.91 Å². The summed E-state index contributed by atoms with van der Waals surface area (Å²) in [6, 6.07) is 15.1. The summed E-state index contributed by atoms with van der Waals surface area (Å²) in [5, 5.41) is 3.94. The Kier molecular flexibility index (Phi) is 6.13. The van der Waals surface area contributed by atoms with Gasteiger partial charge in [-0.3, -0.25) is 4.79 Å². The molecule has 1 aromatic heterocycles. The quantitative estimate of drug-likeness (QED) is 0.607. The van der Waals surface area contributed by atoms with Crippen LogP contribution in [0.3, 0.4) is 0 Å². The van der Waals surface area contributed by atoms with E-state index >= 15 is 0 Å². The first-order chi connectivity index (χ1) is 14.6. The van der Waals surface area contributed by atoms with Gasteiger partial charge < -0.3 is 19.7 Å². The van der Waals surface area contributed by atoms with E-state index in [2.05, 4.69) is 21.0 Å². The molecule has 4 rings (SSSR count). The Bertz CT molecular complexity index is 1020. The van der Waals surface area contributed by atoms with Crippen molar-refractivity contribution in [2.24, 2.45) is 5.92 Å². The van der Waals surface area contributed by atoms with E-state index in [-0.39, 0.29) is 18.4 Å². The molecule has 3 aromatic rings. The Balaban J connectivity index is 1.39. The van der Waals surface area contributed by atoms with E-state index < -0.39 is 5.97 Å². The van der Waals surface area contributed by atoms with Gasteiger partial charge in [0.25, 0.3) is 0 Å². The van der Waals surface area contributed by atoms with Gasteiger partial charge >= 0.3 is 5.97 Å². The smallest absolute Gasteiger partial charge is 0.343 e. The van der Waals surface area contributed by atoms with Crippen LogP contribution in [0.1, 0.15) is 12.8 Å². The van der Waals surface area contributed by atoms with E-state index in [1.807, 2.05) is 18.2 Å². The molecule has 1 aliphatic rings. The van der Waals surface area contributed by atoms with Gasteiger partial charge in [-0.15, -0.1) is 0 Å². The van der Waals surface area contributed by atoms with Crippen LogP contribution in [0.4, 0.5) is 10.8 Å². The lowest BCUT2D eigenvalue weighted by atomic mass is 9.97. The van der Waals surface area contributed by atoms with Gasteiger partial charge in [0.15, 0.2) is 11.7 Å². The van der Waals surface area contributed by atoms with E-state index in [9.17, 15) is 9.59 Å². The number of benzene rings is 2. The molecule has 0 aliphatic carbocycles. The summed E-state index contributed by atoms with van der Waals surface area (Å²) in [4.78, 5) is 31.0. The van der Waals surface area contributed by atoms with Crippen molar-refractivity contribution in [3.05, 3.63) is 48.5 Å². The molecule has 0 bridgehead atoms. The van der Waals surface area contributed by atoms with E-state index in [1.54, 1.807) is 35.6 Å². The number of methoxy groups -OCH3 is 1. The van der Waals surface area contributed by atoms with Crippen molar-refractivity contribution in [2.45, 2.75) is 12.8 Å². The maximum absolute atomic E-state index is 12.9. The average molecular weight is 426 g/mol. The Morgan fingerprint density at radius 2 is 2.10 bits per heavy atom. The third-order valence-electron chi connectivity index (χ3n) is 5.03. The molecule has 2 aromatic carbocycles. The Morgan fingerprint density at radius 1 is 1.23 bits per heavy atom. The van der Waals surface area contributed by atoms with Gasteiger partial charge in [-0.2, -0.15) is 0 Å². The van der Waals surface area contributed by atoms with E-state index in [1.165, 1.54) is 7.11 Å². The van der Waals surface area contributed by atoms with Crippen LogP contribution >= 0.6 is 11.3 Å². The summed E-state index contributed by atoms with van der Waals surface area (Å²) >= 11 is 1.66. The molecule has 8 heteroatoms. The number of para-hydroxylation sites is 1. The van der Waals surface area contributed by atoms with Crippen molar-refractivity contribution >= 4 is 44.2 Å². The molecule has 0 radical (unpaired) electrons. The summed E-state index contributed by atoms with van der Waals surface area (Å²) < 4.78 is 11.1. The van der Waals surface area contributed by atoms with Crippen LogP contribution in [0.5, 0.6) is 5.75 Å². The zero-order chi connectivity index (χ0) is 20.9. The lowest BCUT2D eigenvalue weighted by molar-refractivity contribution is -0.142. The first-order valence-corrected chi connectivity index (χ1v) is 10.6. The number of anilines is 2. The lowest BCUT2D eigenvalue weighted by Crippen LogP contribution is -2.40. The molecule has 7 nitrogen and oxygen atoms in total. The second kappa shape index (κ2) is 9.13. The van der Waals surface area contributed by atoms with Crippen molar-refractivity contribution in [1.29, 1.82) is 0 Å². The topological polar surface area (TPSA) is 80.8 Å². The fourth-order valence-corrected chi connectivity index (χ4v) is 4.47. The van der Waals surface area contributed by atoms with Gasteiger partial charge in [-0.25, -0.2) is 9.78 Å². The zero-order valence-electron chi connectivity index (χ0n) is 16.7. The highest BCUT2D eigenvalue weighted by Crippen LogP contribution is 2.31. The predicted octanol–water partition coefficient (Wildman–Crippen LogP) is 3.70. The van der Waals surface area contributed by atoms with Crippen molar-refractivity contribution in [1.82, 2.24) is 4.98 Å². The predicted molar refractivity (Wildman–Crippen MR) is 117 cm³/mol. The van der Waals surface area contributed by atoms with Crippen LogP contribution in [0, 0.1) is 5.92 Å². The standard InChI is InChI=1S/C22H23N3O4S/c1-28-20(26)14-29-17-8-4-7-16(12-17)23-21(27)15-6-5-11-25(13-15)22-24-18-9-2-3-10-19(18)30-22/h2-4,7-10,12,15H,5-6,11,13-14H2,1H3,(H,23,27). The summed E-state index contributed by atoms with van der Waals surface area (Å²) in [5.41, 5.74) is 1.63. The van der Waals surface area contributed by atoms with Gasteiger partial charge in [0.05, 0.1) is 23.2 Å². The number of amides is 1. The van der Waals surface area contributed by atoms with Crippen LogP contribution in [0.15, 0.2) is 48.5 Å². The molecule has 2 heterocycles. The lowest BCUT2D eigenvalue weighted by Gasteiger charge is -2.31. The number of piperidine rings is 1. The van der Waals surface area contributed by atoms with Gasteiger partial charge in [-0.05, 0) is 37.1 Å². The molecule has 1 N–H and O–H groups in total. The molecule has 0 saturated carbocycles. The number of hydrogen-bond donors (Lipinski definition) is 1. The SMILES string of the molecule is COC(=O)COc1cccc(NC(=O)C2CCCN(c3nc4ccccc4s3)C2)c1. The number of ether oxygens (including phenoxy) is 2. The summed E-state index contributed by atoms with van der Waals surface area (Å²) in [7, 11) is 1.31. The molecule has 1 atom stereocenters. The summed E-state index contributed by atoms with van der Waals surface area (Å²) in [6.45, 7) is 1.37. The van der Waals surface area contributed by atoms with Crippen molar-refractivity contribution < 1.29 is 19.1 Å². The second-order valence-electron chi connectivity index (χ2n) is 7.13. The van der Waals surface area contributed by atoms with Crippen LogP contribution in [-0.4, -0.2) is 43.7 Å². The first-order valence-electron chi connectivity index (χ1n) is 9.83.